The van der Waals surface area contributed by atoms with Gasteiger partial charge in [-0.05, 0) is 18.4 Å². The first-order valence-corrected chi connectivity index (χ1v) is 7.51. The lowest BCUT2D eigenvalue weighted by Gasteiger charge is -2.29. The zero-order chi connectivity index (χ0) is 15.3. The van der Waals surface area contributed by atoms with E-state index in [1.807, 2.05) is 0 Å². The molecule has 3 atom stereocenters. The maximum absolute atomic E-state index is 12.8. The molecule has 0 saturated heterocycles. The van der Waals surface area contributed by atoms with Crippen molar-refractivity contribution in [3.63, 3.8) is 0 Å². The normalized spacial score (nSPS) is 25.3. The summed E-state index contributed by atoms with van der Waals surface area (Å²) < 4.78 is 38.5. The van der Waals surface area contributed by atoms with Crippen LogP contribution in [0.4, 0.5) is 13.2 Å². The van der Waals surface area contributed by atoms with Crippen LogP contribution >= 0.6 is 0 Å². The fourth-order valence-electron chi connectivity index (χ4n) is 2.93. The smallest absolute Gasteiger partial charge is 0.390 e. The second kappa shape index (κ2) is 7.27. The Labute approximate surface area is 123 Å². The van der Waals surface area contributed by atoms with Crippen molar-refractivity contribution in [3.8, 4) is 0 Å². The number of hydrogen-bond acceptors (Lipinski definition) is 2. The molecule has 118 valence electrons. The Kier molecular flexibility index (Phi) is 5.65. The molecule has 5 heteroatoms. The minimum atomic E-state index is -4.23. The molecule has 0 aliphatic heterocycles. The Morgan fingerprint density at radius 3 is 2.43 bits per heavy atom. The van der Waals surface area contributed by atoms with E-state index in [1.165, 1.54) is 0 Å². The van der Waals surface area contributed by atoms with E-state index in [-0.39, 0.29) is 6.04 Å². The van der Waals surface area contributed by atoms with Crippen molar-refractivity contribution in [1.82, 2.24) is 5.32 Å². The lowest BCUT2D eigenvalue weighted by molar-refractivity contribution is -0.141. The van der Waals surface area contributed by atoms with E-state index in [9.17, 15) is 18.3 Å². The van der Waals surface area contributed by atoms with Crippen LogP contribution in [0.1, 0.15) is 50.1 Å². The Morgan fingerprint density at radius 2 is 1.76 bits per heavy atom. The molecule has 1 saturated carbocycles. The highest BCUT2D eigenvalue weighted by atomic mass is 19.4. The number of benzene rings is 1. The average molecular weight is 301 g/mol. The summed E-state index contributed by atoms with van der Waals surface area (Å²) in [4.78, 5) is 0. The Hall–Kier alpha value is -1.07. The Morgan fingerprint density at radius 1 is 1.10 bits per heavy atom. The molecule has 0 bridgehead atoms. The van der Waals surface area contributed by atoms with Gasteiger partial charge in [-0.25, -0.2) is 0 Å². The van der Waals surface area contributed by atoms with Crippen molar-refractivity contribution in [1.29, 1.82) is 0 Å². The molecule has 2 N–H and O–H groups in total. The van der Waals surface area contributed by atoms with Gasteiger partial charge in [0.1, 0.15) is 0 Å². The van der Waals surface area contributed by atoms with Crippen molar-refractivity contribution in [2.24, 2.45) is 0 Å². The van der Waals surface area contributed by atoms with Gasteiger partial charge < -0.3 is 10.4 Å². The molecule has 1 fully saturated rings. The number of hydrogen-bond donors (Lipinski definition) is 2. The predicted octanol–water partition coefficient (Wildman–Crippen LogP) is 3.96. The number of aliphatic hydroxyl groups is 1. The molecule has 1 aromatic carbocycles. The molecule has 1 aliphatic rings. The van der Waals surface area contributed by atoms with E-state index in [1.54, 1.807) is 30.3 Å². The van der Waals surface area contributed by atoms with Crippen LogP contribution in [0.5, 0.6) is 0 Å². The van der Waals surface area contributed by atoms with E-state index in [0.717, 1.165) is 25.7 Å². The van der Waals surface area contributed by atoms with Crippen LogP contribution in [0.2, 0.25) is 0 Å². The Balaban J connectivity index is 2.11. The van der Waals surface area contributed by atoms with Crippen molar-refractivity contribution in [2.45, 2.75) is 62.9 Å². The van der Waals surface area contributed by atoms with E-state index < -0.39 is 24.7 Å². The maximum atomic E-state index is 12.8. The summed E-state index contributed by atoms with van der Waals surface area (Å²) in [5.41, 5.74) is 0.617. The zero-order valence-corrected chi connectivity index (χ0v) is 11.9. The third-order valence-corrected chi connectivity index (χ3v) is 4.03. The first-order valence-electron chi connectivity index (χ1n) is 7.51. The summed E-state index contributed by atoms with van der Waals surface area (Å²) in [7, 11) is 0. The number of nitrogens with one attached hydrogen (secondary N) is 1. The van der Waals surface area contributed by atoms with Gasteiger partial charge in [-0.15, -0.1) is 0 Å². The third kappa shape index (κ3) is 5.32. The Bertz CT molecular complexity index is 421. The van der Waals surface area contributed by atoms with E-state index >= 15 is 0 Å². The molecule has 3 unspecified atom stereocenters. The molecule has 2 nitrogen and oxygen atoms in total. The van der Waals surface area contributed by atoms with Crippen molar-refractivity contribution in [3.05, 3.63) is 35.9 Å². The van der Waals surface area contributed by atoms with E-state index in [2.05, 4.69) is 5.32 Å². The molecular formula is C16H22F3NO. The van der Waals surface area contributed by atoms with Gasteiger partial charge in [-0.3, -0.25) is 0 Å². The van der Waals surface area contributed by atoms with Crippen molar-refractivity contribution >= 4 is 0 Å². The van der Waals surface area contributed by atoms with E-state index in [0.29, 0.717) is 12.0 Å². The molecule has 2 rings (SSSR count). The fraction of sp³-hybridized carbons (Fsp3) is 0.625. The summed E-state index contributed by atoms with van der Waals surface area (Å²) in [5.74, 6) is 0. The van der Waals surface area contributed by atoms with Gasteiger partial charge in [-0.1, -0.05) is 49.6 Å². The number of aliphatic hydroxyl groups excluding tert-OH is 1. The maximum Gasteiger partial charge on any atom is 0.390 e. The average Bonchev–Trinajstić information content (AvgIpc) is 2.63. The van der Waals surface area contributed by atoms with Crippen LogP contribution in [0.25, 0.3) is 0 Å². The summed E-state index contributed by atoms with van der Waals surface area (Å²) >= 11 is 0. The first kappa shape index (κ1) is 16.3. The third-order valence-electron chi connectivity index (χ3n) is 4.03. The lowest BCUT2D eigenvalue weighted by Crippen LogP contribution is -2.42. The molecule has 21 heavy (non-hydrogen) atoms. The summed E-state index contributed by atoms with van der Waals surface area (Å²) in [5, 5.41) is 13.1. The molecule has 0 aromatic heterocycles. The minimum absolute atomic E-state index is 0.264. The highest BCUT2D eigenvalue weighted by molar-refractivity contribution is 5.19. The predicted molar refractivity (Wildman–Crippen MR) is 75.9 cm³/mol. The molecular weight excluding hydrogens is 279 g/mol. The first-order chi connectivity index (χ1) is 9.96. The van der Waals surface area contributed by atoms with Gasteiger partial charge in [0.05, 0.1) is 12.5 Å². The standard InChI is InChI=1S/C16H22F3NO/c17-16(18,19)11-14(12-7-3-1-4-8-12)20-13-9-5-2-6-10-15(13)21/h1,3-4,7-8,13-15,20-21H,2,5-6,9-11H2. The van der Waals surface area contributed by atoms with E-state index in [4.69, 9.17) is 0 Å². The lowest BCUT2D eigenvalue weighted by atomic mass is 9.99. The van der Waals surface area contributed by atoms with Crippen LogP contribution in [-0.2, 0) is 0 Å². The van der Waals surface area contributed by atoms with Crippen LogP contribution in [0.15, 0.2) is 30.3 Å². The van der Waals surface area contributed by atoms with Gasteiger partial charge in [-0.2, -0.15) is 13.2 Å². The van der Waals surface area contributed by atoms with Crippen LogP contribution in [0, 0.1) is 0 Å². The largest absolute Gasteiger partial charge is 0.392 e. The van der Waals surface area contributed by atoms with Gasteiger partial charge in [0, 0.05) is 12.1 Å². The number of alkyl halides is 3. The monoisotopic (exact) mass is 301 g/mol. The molecule has 0 radical (unpaired) electrons. The number of rotatable bonds is 4. The highest BCUT2D eigenvalue weighted by Gasteiger charge is 2.34. The van der Waals surface area contributed by atoms with Crippen molar-refractivity contribution in [2.75, 3.05) is 0 Å². The van der Waals surface area contributed by atoms with Crippen molar-refractivity contribution < 1.29 is 18.3 Å². The van der Waals surface area contributed by atoms with Gasteiger partial charge in [0.15, 0.2) is 0 Å². The van der Waals surface area contributed by atoms with Gasteiger partial charge in [0.25, 0.3) is 0 Å². The molecule has 1 aromatic rings. The molecule has 1 aliphatic carbocycles. The van der Waals surface area contributed by atoms with Gasteiger partial charge >= 0.3 is 6.18 Å². The molecule has 0 amide bonds. The summed E-state index contributed by atoms with van der Waals surface area (Å²) in [6.45, 7) is 0. The van der Waals surface area contributed by atoms with Crippen LogP contribution < -0.4 is 5.32 Å². The van der Waals surface area contributed by atoms with Crippen LogP contribution in [-0.4, -0.2) is 23.4 Å². The fourth-order valence-corrected chi connectivity index (χ4v) is 2.93. The quantitative estimate of drug-likeness (QED) is 0.825. The number of halogens is 3. The highest BCUT2D eigenvalue weighted by Crippen LogP contribution is 2.31. The second-order valence-electron chi connectivity index (χ2n) is 5.76. The molecule has 0 heterocycles. The molecule has 0 spiro atoms. The SMILES string of the molecule is OC1CCCCCC1NC(CC(F)(F)F)c1ccccc1. The van der Waals surface area contributed by atoms with Crippen LogP contribution in [0.3, 0.4) is 0 Å². The second-order valence-corrected chi connectivity index (χ2v) is 5.76. The zero-order valence-electron chi connectivity index (χ0n) is 11.9. The minimum Gasteiger partial charge on any atom is -0.392 e. The topological polar surface area (TPSA) is 32.3 Å². The summed E-state index contributed by atoms with van der Waals surface area (Å²) in [6, 6.07) is 7.60. The van der Waals surface area contributed by atoms with Gasteiger partial charge in [0.2, 0.25) is 0 Å². The summed E-state index contributed by atoms with van der Waals surface area (Å²) in [6.07, 6.45) is -1.41.